The third kappa shape index (κ3) is 5.78. The second-order valence-corrected chi connectivity index (χ2v) is 12.9. The molecule has 2 aromatic carbocycles. The van der Waals surface area contributed by atoms with E-state index >= 15 is 0 Å². The van der Waals surface area contributed by atoms with Gasteiger partial charge in [-0.2, -0.15) is 9.97 Å². The predicted octanol–water partition coefficient (Wildman–Crippen LogP) is 3.18. The number of nitrogens with zero attached hydrogens (tertiary/aromatic N) is 6. The van der Waals surface area contributed by atoms with Crippen LogP contribution in [0.4, 0.5) is 11.5 Å². The van der Waals surface area contributed by atoms with Crippen LogP contribution in [0.3, 0.4) is 0 Å². The summed E-state index contributed by atoms with van der Waals surface area (Å²) < 4.78 is 6.35. The topological polar surface area (TPSA) is 100 Å². The highest BCUT2D eigenvalue weighted by atomic mass is 16.5. The lowest BCUT2D eigenvalue weighted by Gasteiger charge is -2.39. The van der Waals surface area contributed by atoms with Gasteiger partial charge in [0, 0.05) is 54.9 Å². The van der Waals surface area contributed by atoms with Gasteiger partial charge >= 0.3 is 6.01 Å². The van der Waals surface area contributed by atoms with Crippen molar-refractivity contribution in [2.75, 3.05) is 62.7 Å². The number of amides is 1. The lowest BCUT2D eigenvalue weighted by Crippen LogP contribution is -2.53. The van der Waals surface area contributed by atoms with E-state index in [0.29, 0.717) is 38.3 Å². The molecule has 4 aliphatic heterocycles. The molecule has 2 N–H and O–H groups in total. The highest BCUT2D eigenvalue weighted by Crippen LogP contribution is 2.36. The largest absolute Gasteiger partial charge is 0.462 e. The van der Waals surface area contributed by atoms with Gasteiger partial charge in [0.1, 0.15) is 12.4 Å². The molecule has 230 valence electrons. The fourth-order valence-corrected chi connectivity index (χ4v) is 7.29. The van der Waals surface area contributed by atoms with Crippen molar-refractivity contribution >= 4 is 28.2 Å². The van der Waals surface area contributed by atoms with Crippen LogP contribution < -0.4 is 25.2 Å². The molecule has 0 radical (unpaired) electrons. The van der Waals surface area contributed by atoms with Gasteiger partial charge < -0.3 is 34.9 Å². The molecule has 3 aromatic rings. The number of benzene rings is 2. The maximum absolute atomic E-state index is 12.6. The van der Waals surface area contributed by atoms with Gasteiger partial charge in [-0.25, -0.2) is 6.57 Å². The average molecular weight is 595 g/mol. The Labute approximate surface area is 259 Å². The van der Waals surface area contributed by atoms with Crippen molar-refractivity contribution in [2.45, 2.75) is 57.3 Å². The zero-order valence-electron chi connectivity index (χ0n) is 25.8. The van der Waals surface area contributed by atoms with Crippen LogP contribution >= 0.6 is 0 Å². The summed E-state index contributed by atoms with van der Waals surface area (Å²) in [6, 6.07) is 13.8. The minimum absolute atomic E-state index is 0.00775. The lowest BCUT2D eigenvalue weighted by molar-refractivity contribution is -0.121. The Hall–Kier alpha value is -3.94. The van der Waals surface area contributed by atoms with Gasteiger partial charge in [0.25, 0.3) is 0 Å². The SMILES string of the molecule is [C-]#[N+]C[C@H]1CN(c2nc(OC[C@@H]3CCCN3C)nc3c2CCN(c2cccc4cccc(C)c24)C3)CC[C@@H]1NC(=O)[C@H]1CN1. The van der Waals surface area contributed by atoms with Crippen molar-refractivity contribution in [3.8, 4) is 6.01 Å². The molecule has 10 nitrogen and oxygen atoms in total. The van der Waals surface area contributed by atoms with E-state index in [9.17, 15) is 4.79 Å². The fraction of sp³-hybridized carbons (Fsp3) is 0.529. The van der Waals surface area contributed by atoms with E-state index in [1.807, 2.05) is 0 Å². The van der Waals surface area contributed by atoms with Gasteiger partial charge in [0.2, 0.25) is 12.5 Å². The number of anilines is 2. The van der Waals surface area contributed by atoms with Gasteiger partial charge in [0.15, 0.2) is 0 Å². The molecule has 4 aliphatic rings. The standard InChI is InChI=1S/C34H42N8O2/c1-22-7-4-8-23-9-5-11-30(31(22)23)41-15-12-26-29(20-41)38-34(44-21-25-10-6-14-40(25)3)39-32(26)42-16-13-27(24(19-42)17-35-2)37-33(43)28-18-36-28/h4-5,7-9,11,24-25,27-28,36H,6,10,12-21H2,1,3H3,(H,37,43)/t24-,25-,27-,28+/m0/s1. The molecule has 3 fully saturated rings. The minimum atomic E-state index is -0.0809. The van der Waals surface area contributed by atoms with Crippen LogP contribution in [-0.4, -0.2) is 91.8 Å². The summed E-state index contributed by atoms with van der Waals surface area (Å²) in [7, 11) is 2.16. The first-order valence-electron chi connectivity index (χ1n) is 16.1. The number of carbonyl (C=O) groups is 1. The molecular weight excluding hydrogens is 552 g/mol. The van der Waals surface area contributed by atoms with E-state index in [-0.39, 0.29) is 23.9 Å². The Bertz CT molecular complexity index is 1580. The maximum atomic E-state index is 12.6. The summed E-state index contributed by atoms with van der Waals surface area (Å²) in [6.07, 6.45) is 3.92. The molecule has 4 atom stereocenters. The smallest absolute Gasteiger partial charge is 0.318 e. The predicted molar refractivity (Wildman–Crippen MR) is 172 cm³/mol. The molecule has 7 rings (SSSR count). The monoisotopic (exact) mass is 594 g/mol. The van der Waals surface area contributed by atoms with Gasteiger partial charge in [-0.1, -0.05) is 30.3 Å². The van der Waals surface area contributed by atoms with Crippen LogP contribution in [0.15, 0.2) is 36.4 Å². The molecule has 0 aliphatic carbocycles. The van der Waals surface area contributed by atoms with Crippen molar-refractivity contribution in [1.82, 2.24) is 25.5 Å². The van der Waals surface area contributed by atoms with E-state index in [1.54, 1.807) is 0 Å². The summed E-state index contributed by atoms with van der Waals surface area (Å²) >= 11 is 0. The minimum Gasteiger partial charge on any atom is -0.462 e. The van der Waals surface area contributed by atoms with E-state index in [1.165, 1.54) is 34.0 Å². The Morgan fingerprint density at radius 2 is 1.98 bits per heavy atom. The number of nitrogens with one attached hydrogen (secondary N) is 2. The summed E-state index contributed by atoms with van der Waals surface area (Å²) in [4.78, 5) is 33.5. The van der Waals surface area contributed by atoms with Gasteiger partial charge in [-0.15, -0.1) is 0 Å². The Morgan fingerprint density at radius 3 is 2.75 bits per heavy atom. The van der Waals surface area contributed by atoms with Crippen LogP contribution in [0.5, 0.6) is 6.01 Å². The van der Waals surface area contributed by atoms with Crippen molar-refractivity contribution in [1.29, 1.82) is 0 Å². The molecule has 0 unspecified atom stereocenters. The Balaban J connectivity index is 1.19. The van der Waals surface area contributed by atoms with Gasteiger partial charge in [-0.3, -0.25) is 4.79 Å². The zero-order valence-corrected chi connectivity index (χ0v) is 25.8. The van der Waals surface area contributed by atoms with Crippen molar-refractivity contribution in [3.63, 3.8) is 0 Å². The normalized spacial score (nSPS) is 25.0. The number of piperidine rings is 1. The fourth-order valence-electron chi connectivity index (χ4n) is 7.29. The first-order valence-corrected chi connectivity index (χ1v) is 16.1. The Kier molecular flexibility index (Phi) is 8.00. The number of likely N-dealkylation sites (N-methyl/N-ethyl adjacent to an activating group) is 1. The average Bonchev–Trinajstić information content (AvgIpc) is 3.81. The highest BCUT2D eigenvalue weighted by molar-refractivity contribution is 5.97. The van der Waals surface area contributed by atoms with Gasteiger partial charge in [-0.05, 0) is 63.2 Å². The number of rotatable bonds is 8. The van der Waals surface area contributed by atoms with Crippen molar-refractivity contribution in [3.05, 3.63) is 64.6 Å². The third-order valence-electron chi connectivity index (χ3n) is 9.94. The third-order valence-corrected chi connectivity index (χ3v) is 9.94. The van der Waals surface area contributed by atoms with Crippen LogP contribution in [0.1, 0.15) is 36.1 Å². The molecular formula is C34H42N8O2. The number of fused-ring (bicyclic) bond motifs is 2. The van der Waals surface area contributed by atoms with Crippen molar-refractivity contribution < 1.29 is 9.53 Å². The van der Waals surface area contributed by atoms with Crippen LogP contribution in [0.25, 0.3) is 15.6 Å². The second-order valence-electron chi connectivity index (χ2n) is 12.9. The quantitative estimate of drug-likeness (QED) is 0.303. The first-order chi connectivity index (χ1) is 21.5. The van der Waals surface area contributed by atoms with Crippen LogP contribution in [0, 0.1) is 19.4 Å². The maximum Gasteiger partial charge on any atom is 0.318 e. The van der Waals surface area contributed by atoms with Crippen LogP contribution in [0.2, 0.25) is 0 Å². The number of likely N-dealkylation sites (tertiary alicyclic amines) is 1. The molecule has 1 aromatic heterocycles. The lowest BCUT2D eigenvalue weighted by atomic mass is 9.91. The van der Waals surface area contributed by atoms with Crippen molar-refractivity contribution in [2.24, 2.45) is 5.92 Å². The van der Waals surface area contributed by atoms with E-state index in [2.05, 4.69) is 80.5 Å². The summed E-state index contributed by atoms with van der Waals surface area (Å²) in [6.45, 7) is 15.6. The van der Waals surface area contributed by atoms with Crippen LogP contribution in [-0.2, 0) is 17.8 Å². The molecule has 10 heteroatoms. The molecule has 0 bridgehead atoms. The number of aryl methyl sites for hydroxylation is 1. The molecule has 0 saturated carbocycles. The van der Waals surface area contributed by atoms with E-state index in [4.69, 9.17) is 21.3 Å². The Morgan fingerprint density at radius 1 is 1.14 bits per heavy atom. The highest BCUT2D eigenvalue weighted by Gasteiger charge is 2.38. The molecule has 3 saturated heterocycles. The zero-order chi connectivity index (χ0) is 30.2. The van der Waals surface area contributed by atoms with E-state index < -0.39 is 0 Å². The number of aromatic nitrogens is 2. The molecule has 44 heavy (non-hydrogen) atoms. The first kappa shape index (κ1) is 28.8. The summed E-state index contributed by atoms with van der Waals surface area (Å²) in [5, 5.41) is 8.85. The second kappa shape index (κ2) is 12.2. The number of ether oxygens (including phenoxy) is 1. The molecule has 5 heterocycles. The number of carbonyl (C=O) groups excluding carboxylic acids is 1. The summed E-state index contributed by atoms with van der Waals surface area (Å²) in [5.41, 5.74) is 4.70. The van der Waals surface area contributed by atoms with E-state index in [0.717, 1.165) is 57.0 Å². The number of hydrogen-bond acceptors (Lipinski definition) is 8. The summed E-state index contributed by atoms with van der Waals surface area (Å²) in [5.74, 6) is 1.01. The van der Waals surface area contributed by atoms with Gasteiger partial charge in [0.05, 0.1) is 24.2 Å². The molecule has 0 spiro atoms. The number of hydrogen-bond donors (Lipinski definition) is 2. The molecule has 1 amide bonds.